The summed E-state index contributed by atoms with van der Waals surface area (Å²) >= 11 is 0. The molecule has 1 atom stereocenters. The molecule has 1 aliphatic heterocycles. The van der Waals surface area contributed by atoms with Crippen molar-refractivity contribution in [3.8, 4) is 0 Å². The van der Waals surface area contributed by atoms with Crippen molar-refractivity contribution in [2.45, 2.75) is 26.2 Å². The molecule has 3 amide bonds. The van der Waals surface area contributed by atoms with Crippen LogP contribution in [0, 0.1) is 11.7 Å². The van der Waals surface area contributed by atoms with Gasteiger partial charge in [0.25, 0.3) is 5.91 Å². The summed E-state index contributed by atoms with van der Waals surface area (Å²) in [5.74, 6) is -0.0363. The number of amides is 3. The standard InChI is InChI=1S/C22H26FN3O2/c1-2-24-21(27)18-6-3-7-20(14-18)25-22(28)26-12-4-5-17(15-26)13-16-8-10-19(23)11-9-16/h3,6-11,14,17H,2,4-5,12-13,15H2,1H3,(H,24,27)(H,25,28)/t17-/m0/s1. The van der Waals surface area contributed by atoms with E-state index in [0.717, 1.165) is 24.8 Å². The highest BCUT2D eigenvalue weighted by Crippen LogP contribution is 2.22. The molecule has 2 aromatic carbocycles. The molecule has 2 N–H and O–H groups in total. The van der Waals surface area contributed by atoms with Gasteiger partial charge in [0.2, 0.25) is 0 Å². The Morgan fingerprint density at radius 1 is 1.18 bits per heavy atom. The molecular formula is C22H26FN3O2. The lowest BCUT2D eigenvalue weighted by atomic mass is 9.91. The van der Waals surface area contributed by atoms with Crippen molar-refractivity contribution in [2.75, 3.05) is 25.0 Å². The summed E-state index contributed by atoms with van der Waals surface area (Å²) in [7, 11) is 0. The number of nitrogens with zero attached hydrogens (tertiary/aromatic N) is 1. The Morgan fingerprint density at radius 2 is 1.96 bits per heavy atom. The van der Waals surface area contributed by atoms with Gasteiger partial charge in [-0.2, -0.15) is 0 Å². The fourth-order valence-electron chi connectivity index (χ4n) is 3.57. The van der Waals surface area contributed by atoms with E-state index >= 15 is 0 Å². The first kappa shape index (κ1) is 19.9. The third kappa shape index (κ3) is 5.31. The van der Waals surface area contributed by atoms with Gasteiger partial charge in [-0.25, -0.2) is 9.18 Å². The fourth-order valence-corrected chi connectivity index (χ4v) is 3.57. The van der Waals surface area contributed by atoms with E-state index in [0.29, 0.717) is 36.8 Å². The lowest BCUT2D eigenvalue weighted by Crippen LogP contribution is -2.42. The van der Waals surface area contributed by atoms with Gasteiger partial charge in [-0.3, -0.25) is 4.79 Å². The number of halogens is 1. The van der Waals surface area contributed by atoms with E-state index in [1.807, 2.05) is 11.8 Å². The molecule has 0 spiro atoms. The normalized spacial score (nSPS) is 16.5. The molecule has 0 aromatic heterocycles. The van der Waals surface area contributed by atoms with Gasteiger partial charge in [-0.1, -0.05) is 18.2 Å². The lowest BCUT2D eigenvalue weighted by Gasteiger charge is -2.33. The SMILES string of the molecule is CCNC(=O)c1cccc(NC(=O)N2CCC[C@@H](Cc3ccc(F)cc3)C2)c1. The van der Waals surface area contributed by atoms with Crippen molar-refractivity contribution in [3.63, 3.8) is 0 Å². The predicted octanol–water partition coefficient (Wildman–Crippen LogP) is 4.06. The lowest BCUT2D eigenvalue weighted by molar-refractivity contribution is 0.0955. The quantitative estimate of drug-likeness (QED) is 0.818. The van der Waals surface area contributed by atoms with Gasteiger partial charge >= 0.3 is 6.03 Å². The van der Waals surface area contributed by atoms with Crippen molar-refractivity contribution < 1.29 is 14.0 Å². The number of urea groups is 1. The largest absolute Gasteiger partial charge is 0.352 e. The van der Waals surface area contributed by atoms with Crippen LogP contribution in [0.15, 0.2) is 48.5 Å². The Balaban J connectivity index is 1.59. The molecule has 0 bridgehead atoms. The molecular weight excluding hydrogens is 357 g/mol. The third-order valence-electron chi connectivity index (χ3n) is 4.96. The molecule has 3 rings (SSSR count). The van der Waals surface area contributed by atoms with E-state index in [1.54, 1.807) is 36.4 Å². The Bertz CT molecular complexity index is 823. The first-order valence-electron chi connectivity index (χ1n) is 9.73. The summed E-state index contributed by atoms with van der Waals surface area (Å²) < 4.78 is 13.1. The average molecular weight is 383 g/mol. The van der Waals surface area contributed by atoms with Crippen LogP contribution in [0.3, 0.4) is 0 Å². The van der Waals surface area contributed by atoms with Crippen LogP contribution in [-0.2, 0) is 6.42 Å². The molecule has 5 nitrogen and oxygen atoms in total. The van der Waals surface area contributed by atoms with E-state index in [9.17, 15) is 14.0 Å². The van der Waals surface area contributed by atoms with E-state index in [-0.39, 0.29) is 17.8 Å². The van der Waals surface area contributed by atoms with Crippen molar-refractivity contribution in [1.82, 2.24) is 10.2 Å². The van der Waals surface area contributed by atoms with Crippen molar-refractivity contribution in [2.24, 2.45) is 5.92 Å². The second kappa shape index (κ2) is 9.35. The second-order valence-electron chi connectivity index (χ2n) is 7.16. The summed E-state index contributed by atoms with van der Waals surface area (Å²) in [6, 6.07) is 13.4. The molecule has 148 valence electrons. The molecule has 28 heavy (non-hydrogen) atoms. The summed E-state index contributed by atoms with van der Waals surface area (Å²) in [5, 5.41) is 5.65. The van der Waals surface area contributed by atoms with Crippen LogP contribution < -0.4 is 10.6 Å². The minimum atomic E-state index is -0.233. The van der Waals surface area contributed by atoms with Gasteiger partial charge in [-0.05, 0) is 68.0 Å². The van der Waals surface area contributed by atoms with Crippen LogP contribution in [0.5, 0.6) is 0 Å². The molecule has 0 unspecified atom stereocenters. The van der Waals surface area contributed by atoms with Gasteiger partial charge in [-0.15, -0.1) is 0 Å². The maximum absolute atomic E-state index is 13.1. The number of anilines is 1. The summed E-state index contributed by atoms with van der Waals surface area (Å²) in [5.41, 5.74) is 2.21. The predicted molar refractivity (Wildman–Crippen MR) is 108 cm³/mol. The van der Waals surface area contributed by atoms with Crippen molar-refractivity contribution in [3.05, 3.63) is 65.5 Å². The highest BCUT2D eigenvalue weighted by molar-refractivity contribution is 5.96. The van der Waals surface area contributed by atoms with Gasteiger partial charge in [0, 0.05) is 30.9 Å². The molecule has 0 saturated carbocycles. The molecule has 6 heteroatoms. The van der Waals surface area contributed by atoms with E-state index in [1.165, 1.54) is 12.1 Å². The monoisotopic (exact) mass is 383 g/mol. The highest BCUT2D eigenvalue weighted by atomic mass is 19.1. The molecule has 1 aliphatic rings. The minimum absolute atomic E-state index is 0.156. The number of nitrogens with one attached hydrogen (secondary N) is 2. The van der Waals surface area contributed by atoms with E-state index in [4.69, 9.17) is 0 Å². The molecule has 1 fully saturated rings. The van der Waals surface area contributed by atoms with Gasteiger partial charge in [0.1, 0.15) is 5.82 Å². The van der Waals surface area contributed by atoms with E-state index < -0.39 is 0 Å². The number of piperidine rings is 1. The zero-order valence-electron chi connectivity index (χ0n) is 16.1. The first-order chi connectivity index (χ1) is 13.5. The van der Waals surface area contributed by atoms with Crippen LogP contribution in [-0.4, -0.2) is 36.5 Å². The second-order valence-corrected chi connectivity index (χ2v) is 7.16. The number of carbonyl (C=O) groups excluding carboxylic acids is 2. The maximum atomic E-state index is 13.1. The van der Waals surface area contributed by atoms with Crippen LogP contribution in [0.25, 0.3) is 0 Å². The number of rotatable bonds is 5. The Hall–Kier alpha value is -2.89. The van der Waals surface area contributed by atoms with Crippen LogP contribution in [0.4, 0.5) is 14.9 Å². The van der Waals surface area contributed by atoms with Gasteiger partial charge in [0.05, 0.1) is 0 Å². The first-order valence-corrected chi connectivity index (χ1v) is 9.73. The molecule has 1 heterocycles. The smallest absolute Gasteiger partial charge is 0.321 e. The van der Waals surface area contributed by atoms with Gasteiger partial charge < -0.3 is 15.5 Å². The highest BCUT2D eigenvalue weighted by Gasteiger charge is 2.24. The van der Waals surface area contributed by atoms with Crippen LogP contribution >= 0.6 is 0 Å². The van der Waals surface area contributed by atoms with Gasteiger partial charge in [0.15, 0.2) is 0 Å². The zero-order chi connectivity index (χ0) is 19.9. The van der Waals surface area contributed by atoms with Crippen molar-refractivity contribution >= 4 is 17.6 Å². The molecule has 0 aliphatic carbocycles. The topological polar surface area (TPSA) is 61.4 Å². The number of likely N-dealkylation sites (tertiary alicyclic amines) is 1. The zero-order valence-corrected chi connectivity index (χ0v) is 16.1. The third-order valence-corrected chi connectivity index (χ3v) is 4.96. The molecule has 2 aromatic rings. The number of carbonyl (C=O) groups is 2. The number of benzene rings is 2. The minimum Gasteiger partial charge on any atom is -0.352 e. The Morgan fingerprint density at radius 3 is 2.71 bits per heavy atom. The maximum Gasteiger partial charge on any atom is 0.321 e. The Kier molecular flexibility index (Phi) is 6.63. The fraction of sp³-hybridized carbons (Fsp3) is 0.364. The van der Waals surface area contributed by atoms with Crippen LogP contribution in [0.2, 0.25) is 0 Å². The summed E-state index contributed by atoms with van der Waals surface area (Å²) in [6.07, 6.45) is 2.82. The molecule has 0 radical (unpaired) electrons. The van der Waals surface area contributed by atoms with Crippen LogP contribution in [0.1, 0.15) is 35.7 Å². The van der Waals surface area contributed by atoms with Crippen molar-refractivity contribution in [1.29, 1.82) is 0 Å². The molecule has 1 saturated heterocycles. The average Bonchev–Trinajstić information content (AvgIpc) is 2.70. The van der Waals surface area contributed by atoms with E-state index in [2.05, 4.69) is 10.6 Å². The number of hydrogen-bond acceptors (Lipinski definition) is 2. The Labute approximate surface area is 164 Å². The number of hydrogen-bond donors (Lipinski definition) is 2. The summed E-state index contributed by atoms with van der Waals surface area (Å²) in [4.78, 5) is 26.5. The summed E-state index contributed by atoms with van der Waals surface area (Å²) in [6.45, 7) is 3.79.